The standard InChI is InChI=1S/C7H15NO3S/c1-4-10-6(9)8-7(12-3)11-5-2/h7H,4-5H2,1-3H3,(H,8,9). The predicted octanol–water partition coefficient (Wildman–Crippen LogP) is 1.42. The molecule has 0 aromatic carbocycles. The van der Waals surface area contributed by atoms with E-state index in [2.05, 4.69) is 10.1 Å². The molecule has 0 aliphatic heterocycles. The van der Waals surface area contributed by atoms with E-state index in [-0.39, 0.29) is 5.56 Å². The Morgan fingerprint density at radius 2 is 2.17 bits per heavy atom. The molecule has 1 unspecified atom stereocenters. The van der Waals surface area contributed by atoms with E-state index >= 15 is 0 Å². The number of amides is 1. The summed E-state index contributed by atoms with van der Waals surface area (Å²) in [6, 6.07) is 0. The van der Waals surface area contributed by atoms with Crippen LogP contribution in [0.15, 0.2) is 0 Å². The zero-order chi connectivity index (χ0) is 9.40. The molecule has 0 saturated heterocycles. The molecule has 0 heterocycles. The molecule has 0 bridgehead atoms. The second-order valence-electron chi connectivity index (χ2n) is 1.89. The molecule has 0 spiro atoms. The van der Waals surface area contributed by atoms with Gasteiger partial charge in [0, 0.05) is 6.61 Å². The number of hydrogen-bond acceptors (Lipinski definition) is 4. The Morgan fingerprint density at radius 3 is 2.58 bits per heavy atom. The molecule has 1 amide bonds. The number of alkyl carbamates (subject to hydrolysis) is 1. The van der Waals surface area contributed by atoms with E-state index in [4.69, 9.17) is 4.74 Å². The maximum atomic E-state index is 10.9. The van der Waals surface area contributed by atoms with E-state index in [1.54, 1.807) is 6.92 Å². The number of hydrogen-bond donors (Lipinski definition) is 1. The van der Waals surface area contributed by atoms with Crippen molar-refractivity contribution in [2.45, 2.75) is 19.4 Å². The lowest BCUT2D eigenvalue weighted by molar-refractivity contribution is 0.0863. The van der Waals surface area contributed by atoms with E-state index < -0.39 is 6.09 Å². The molecule has 0 aliphatic rings. The minimum Gasteiger partial charge on any atom is -0.450 e. The summed E-state index contributed by atoms with van der Waals surface area (Å²) in [6.45, 7) is 4.57. The molecule has 0 radical (unpaired) electrons. The summed E-state index contributed by atoms with van der Waals surface area (Å²) in [5, 5.41) is 2.55. The van der Waals surface area contributed by atoms with Gasteiger partial charge in [0.05, 0.1) is 6.61 Å². The van der Waals surface area contributed by atoms with Gasteiger partial charge in [-0.2, -0.15) is 0 Å². The number of carbonyl (C=O) groups excluding carboxylic acids is 1. The van der Waals surface area contributed by atoms with Gasteiger partial charge in [-0.1, -0.05) is 0 Å². The van der Waals surface area contributed by atoms with Crippen LogP contribution in [0.1, 0.15) is 13.8 Å². The normalized spacial score (nSPS) is 12.2. The fourth-order valence-corrected chi connectivity index (χ4v) is 1.08. The maximum absolute atomic E-state index is 10.9. The first-order valence-corrected chi connectivity index (χ1v) is 5.11. The summed E-state index contributed by atoms with van der Waals surface area (Å²) in [5.74, 6) is 0. The van der Waals surface area contributed by atoms with Crippen molar-refractivity contribution in [1.82, 2.24) is 5.32 Å². The van der Waals surface area contributed by atoms with E-state index in [1.165, 1.54) is 11.8 Å². The van der Waals surface area contributed by atoms with Crippen molar-refractivity contribution in [3.8, 4) is 0 Å². The van der Waals surface area contributed by atoms with Gasteiger partial charge in [-0.05, 0) is 20.1 Å². The molecule has 0 aromatic rings. The van der Waals surface area contributed by atoms with Gasteiger partial charge in [0.25, 0.3) is 0 Å². The summed E-state index contributed by atoms with van der Waals surface area (Å²) < 4.78 is 9.84. The van der Waals surface area contributed by atoms with Crippen molar-refractivity contribution in [1.29, 1.82) is 0 Å². The van der Waals surface area contributed by atoms with Gasteiger partial charge >= 0.3 is 6.09 Å². The van der Waals surface area contributed by atoms with Gasteiger partial charge < -0.3 is 9.47 Å². The van der Waals surface area contributed by atoms with Crippen molar-refractivity contribution in [3.05, 3.63) is 0 Å². The number of ether oxygens (including phenoxy) is 2. The van der Waals surface area contributed by atoms with Gasteiger partial charge in [-0.15, -0.1) is 11.8 Å². The third-order valence-corrected chi connectivity index (χ3v) is 1.73. The van der Waals surface area contributed by atoms with Gasteiger partial charge in [0.1, 0.15) is 0 Å². The first-order chi connectivity index (χ1) is 5.74. The fraction of sp³-hybridized carbons (Fsp3) is 0.857. The minimum atomic E-state index is -0.440. The molecule has 1 N–H and O–H groups in total. The third-order valence-electron chi connectivity index (χ3n) is 1.04. The highest BCUT2D eigenvalue weighted by Crippen LogP contribution is 2.04. The molecular formula is C7H15NO3S. The summed E-state index contributed by atoms with van der Waals surface area (Å²) in [6.07, 6.45) is 1.41. The van der Waals surface area contributed by atoms with Crippen molar-refractivity contribution in [3.63, 3.8) is 0 Å². The van der Waals surface area contributed by atoms with Crippen molar-refractivity contribution in [2.24, 2.45) is 0 Å². The Kier molecular flexibility index (Phi) is 6.99. The van der Waals surface area contributed by atoms with Gasteiger partial charge in [0.15, 0.2) is 5.56 Å². The zero-order valence-corrected chi connectivity index (χ0v) is 8.44. The maximum Gasteiger partial charge on any atom is 0.409 e. The van der Waals surface area contributed by atoms with Gasteiger partial charge in [-0.3, -0.25) is 5.32 Å². The highest BCUT2D eigenvalue weighted by molar-refractivity contribution is 7.99. The van der Waals surface area contributed by atoms with E-state index in [0.717, 1.165) is 0 Å². The van der Waals surface area contributed by atoms with Crippen molar-refractivity contribution < 1.29 is 14.3 Å². The zero-order valence-electron chi connectivity index (χ0n) is 7.62. The summed E-state index contributed by atoms with van der Waals surface area (Å²) >= 11 is 1.41. The highest BCUT2D eigenvalue weighted by Gasteiger charge is 2.09. The monoisotopic (exact) mass is 193 g/mol. The first-order valence-electron chi connectivity index (χ1n) is 3.82. The van der Waals surface area contributed by atoms with Gasteiger partial charge in [-0.25, -0.2) is 4.79 Å². The van der Waals surface area contributed by atoms with Crippen LogP contribution < -0.4 is 5.32 Å². The van der Waals surface area contributed by atoms with Crippen LogP contribution in [0.5, 0.6) is 0 Å². The van der Waals surface area contributed by atoms with Crippen LogP contribution in [-0.4, -0.2) is 31.1 Å². The third kappa shape index (κ3) is 5.26. The molecule has 0 saturated carbocycles. The quantitative estimate of drug-likeness (QED) is 0.671. The molecule has 1 atom stereocenters. The number of nitrogens with one attached hydrogen (secondary N) is 1. The Labute approximate surface area is 77.0 Å². The lowest BCUT2D eigenvalue weighted by Gasteiger charge is -2.15. The van der Waals surface area contributed by atoms with Crippen LogP contribution in [-0.2, 0) is 9.47 Å². The smallest absolute Gasteiger partial charge is 0.409 e. The Hall–Kier alpha value is -0.420. The first kappa shape index (κ1) is 11.6. The molecule has 5 heteroatoms. The highest BCUT2D eigenvalue weighted by atomic mass is 32.2. The van der Waals surface area contributed by atoms with Crippen LogP contribution >= 0.6 is 11.8 Å². The summed E-state index contributed by atoms with van der Waals surface area (Å²) in [4.78, 5) is 10.9. The molecule has 0 aliphatic carbocycles. The predicted molar refractivity (Wildman–Crippen MR) is 49.1 cm³/mol. The molecule has 0 rings (SSSR count). The van der Waals surface area contributed by atoms with E-state index in [0.29, 0.717) is 13.2 Å². The Balaban J connectivity index is 3.61. The van der Waals surface area contributed by atoms with E-state index in [1.807, 2.05) is 13.2 Å². The largest absolute Gasteiger partial charge is 0.450 e. The number of rotatable bonds is 5. The number of carbonyl (C=O) groups is 1. The second kappa shape index (κ2) is 7.24. The van der Waals surface area contributed by atoms with Crippen LogP contribution in [0.2, 0.25) is 0 Å². The summed E-state index contributed by atoms with van der Waals surface area (Å²) in [5.41, 5.74) is -0.311. The van der Waals surface area contributed by atoms with E-state index in [9.17, 15) is 4.79 Å². The summed E-state index contributed by atoms with van der Waals surface area (Å²) in [7, 11) is 0. The molecule has 4 nitrogen and oxygen atoms in total. The van der Waals surface area contributed by atoms with Crippen LogP contribution in [0.3, 0.4) is 0 Å². The average molecular weight is 193 g/mol. The molecule has 72 valence electrons. The molecule has 0 fully saturated rings. The van der Waals surface area contributed by atoms with Crippen LogP contribution in [0.25, 0.3) is 0 Å². The minimum absolute atomic E-state index is 0.311. The Morgan fingerprint density at radius 1 is 1.50 bits per heavy atom. The van der Waals surface area contributed by atoms with Crippen LogP contribution in [0, 0.1) is 0 Å². The Bertz CT molecular complexity index is 132. The number of thioether (sulfide) groups is 1. The molecule has 12 heavy (non-hydrogen) atoms. The molecular weight excluding hydrogens is 178 g/mol. The SMILES string of the molecule is CCOC(=O)NC(OCC)SC. The second-order valence-corrected chi connectivity index (χ2v) is 2.79. The molecule has 0 aromatic heterocycles. The topological polar surface area (TPSA) is 47.6 Å². The average Bonchev–Trinajstić information content (AvgIpc) is 2.04. The van der Waals surface area contributed by atoms with Gasteiger partial charge in [0.2, 0.25) is 0 Å². The lowest BCUT2D eigenvalue weighted by Crippen LogP contribution is -2.34. The fourth-order valence-electron chi connectivity index (χ4n) is 0.589. The van der Waals surface area contributed by atoms with Crippen molar-refractivity contribution >= 4 is 17.9 Å². The lowest BCUT2D eigenvalue weighted by atomic mass is 10.8. The van der Waals surface area contributed by atoms with Crippen LogP contribution in [0.4, 0.5) is 4.79 Å². The van der Waals surface area contributed by atoms with Crippen molar-refractivity contribution in [2.75, 3.05) is 19.5 Å².